The molecular weight excluding hydrogens is 468 g/mol. The van der Waals surface area contributed by atoms with Gasteiger partial charge in [-0.2, -0.15) is 29.7 Å². The molecule has 0 aromatic heterocycles. The third-order valence-electron chi connectivity index (χ3n) is 4.12. The Morgan fingerprint density at radius 3 is 2.53 bits per heavy atom. The van der Waals surface area contributed by atoms with E-state index in [1.54, 1.807) is 6.26 Å². The summed E-state index contributed by atoms with van der Waals surface area (Å²) in [5, 5.41) is 2.43. The number of sulfonamides is 1. The van der Waals surface area contributed by atoms with Crippen molar-refractivity contribution >= 4 is 27.7 Å². The molecule has 2 aromatic carbocycles. The number of carbonyl (C=O) groups is 1. The van der Waals surface area contributed by atoms with Crippen molar-refractivity contribution < 1.29 is 30.8 Å². The van der Waals surface area contributed by atoms with Gasteiger partial charge in [0, 0.05) is 5.56 Å². The molecule has 172 valence electrons. The summed E-state index contributed by atoms with van der Waals surface area (Å²) in [7, 11) is -4.30. The summed E-state index contributed by atoms with van der Waals surface area (Å²) in [6.45, 7) is -0.216. The van der Waals surface area contributed by atoms with Gasteiger partial charge in [-0.3, -0.25) is 4.79 Å². The van der Waals surface area contributed by atoms with E-state index in [9.17, 15) is 30.8 Å². The average molecular weight is 489 g/mol. The summed E-state index contributed by atoms with van der Waals surface area (Å²) in [6.07, 6.45) is -2.57. The van der Waals surface area contributed by atoms with Gasteiger partial charge < -0.3 is 5.32 Å². The number of amides is 1. The SMILES string of the molecule is CSCCC(NS(=O)(=O)c1ccccc1F)C(=O)NCC#Cc1cccc(C(F)(F)F)c1. The highest BCUT2D eigenvalue weighted by atomic mass is 32.2. The Bertz CT molecular complexity index is 1110. The lowest BCUT2D eigenvalue weighted by Crippen LogP contribution is -2.47. The van der Waals surface area contributed by atoms with Gasteiger partial charge in [-0.1, -0.05) is 30.0 Å². The van der Waals surface area contributed by atoms with E-state index < -0.39 is 44.4 Å². The van der Waals surface area contributed by atoms with Gasteiger partial charge in [-0.15, -0.1) is 0 Å². The first-order chi connectivity index (χ1) is 15.0. The van der Waals surface area contributed by atoms with Crippen molar-refractivity contribution in [2.45, 2.75) is 23.5 Å². The number of rotatable bonds is 8. The van der Waals surface area contributed by atoms with Gasteiger partial charge in [0.05, 0.1) is 12.1 Å². The predicted molar refractivity (Wildman–Crippen MR) is 115 cm³/mol. The molecule has 0 saturated carbocycles. The van der Waals surface area contributed by atoms with Crippen LogP contribution in [0, 0.1) is 17.7 Å². The number of hydrogen-bond donors (Lipinski definition) is 2. The molecule has 0 fully saturated rings. The molecule has 2 N–H and O–H groups in total. The molecule has 11 heteroatoms. The van der Waals surface area contributed by atoms with E-state index >= 15 is 0 Å². The Hall–Kier alpha value is -2.55. The smallest absolute Gasteiger partial charge is 0.344 e. The van der Waals surface area contributed by atoms with Gasteiger partial charge in [0.1, 0.15) is 16.8 Å². The molecule has 2 rings (SSSR count). The highest BCUT2D eigenvalue weighted by Gasteiger charge is 2.30. The van der Waals surface area contributed by atoms with Crippen molar-refractivity contribution in [1.82, 2.24) is 10.0 Å². The van der Waals surface area contributed by atoms with Crippen LogP contribution in [0.15, 0.2) is 53.4 Å². The molecule has 0 aliphatic rings. The third-order valence-corrected chi connectivity index (χ3v) is 6.27. The molecule has 5 nitrogen and oxygen atoms in total. The standard InChI is InChI=1S/C21H20F4N2O3S2/c1-31-13-11-18(27-32(29,30)19-10-3-2-9-17(19)22)20(28)26-12-5-7-15-6-4-8-16(14-15)21(23,24)25/h2-4,6,8-10,14,18,27H,11-13H2,1H3,(H,26,28). The Labute approximate surface area is 188 Å². The number of thioether (sulfide) groups is 1. The number of nitrogens with one attached hydrogen (secondary N) is 2. The molecular formula is C21H20F4N2O3S2. The van der Waals surface area contributed by atoms with E-state index in [2.05, 4.69) is 21.9 Å². The van der Waals surface area contributed by atoms with Gasteiger partial charge in [-0.25, -0.2) is 12.8 Å². The molecule has 0 radical (unpaired) electrons. The van der Waals surface area contributed by atoms with Crippen LogP contribution in [0.4, 0.5) is 17.6 Å². The molecule has 1 unspecified atom stereocenters. The summed E-state index contributed by atoms with van der Waals surface area (Å²) < 4.78 is 79.3. The van der Waals surface area contributed by atoms with Crippen molar-refractivity contribution in [3.63, 3.8) is 0 Å². The fourth-order valence-electron chi connectivity index (χ4n) is 2.57. The predicted octanol–water partition coefficient (Wildman–Crippen LogP) is 3.41. The van der Waals surface area contributed by atoms with Crippen molar-refractivity contribution in [3.8, 4) is 11.8 Å². The Kier molecular flexibility index (Phi) is 9.12. The van der Waals surface area contributed by atoms with Crippen LogP contribution in [0.2, 0.25) is 0 Å². The second-order valence-electron chi connectivity index (χ2n) is 6.48. The fourth-order valence-corrected chi connectivity index (χ4v) is 4.35. The van der Waals surface area contributed by atoms with Crippen LogP contribution in [-0.4, -0.2) is 38.9 Å². The van der Waals surface area contributed by atoms with Crippen LogP contribution in [0.3, 0.4) is 0 Å². The fraction of sp³-hybridized carbons (Fsp3) is 0.286. The molecule has 0 saturated heterocycles. The molecule has 0 bridgehead atoms. The minimum absolute atomic E-state index is 0.119. The molecule has 0 spiro atoms. The largest absolute Gasteiger partial charge is 0.416 e. The van der Waals surface area contributed by atoms with E-state index in [0.717, 1.165) is 24.3 Å². The van der Waals surface area contributed by atoms with Crippen LogP contribution in [0.1, 0.15) is 17.5 Å². The molecule has 0 aliphatic heterocycles. The number of halogens is 4. The molecule has 32 heavy (non-hydrogen) atoms. The summed E-state index contributed by atoms with van der Waals surface area (Å²) in [5.74, 6) is 3.87. The topological polar surface area (TPSA) is 75.3 Å². The number of alkyl halides is 3. The van der Waals surface area contributed by atoms with Crippen LogP contribution in [-0.2, 0) is 21.0 Å². The molecule has 2 aromatic rings. The van der Waals surface area contributed by atoms with Gasteiger partial charge in [-0.05, 0) is 48.8 Å². The minimum atomic E-state index is -4.49. The van der Waals surface area contributed by atoms with E-state index in [1.807, 2.05) is 0 Å². The number of benzene rings is 2. The number of hydrogen-bond acceptors (Lipinski definition) is 4. The summed E-state index contributed by atoms with van der Waals surface area (Å²) >= 11 is 1.39. The van der Waals surface area contributed by atoms with Crippen molar-refractivity contribution in [2.24, 2.45) is 0 Å². The Morgan fingerprint density at radius 1 is 1.16 bits per heavy atom. The first kappa shape index (κ1) is 25.7. The maximum Gasteiger partial charge on any atom is 0.416 e. The maximum absolute atomic E-state index is 13.9. The second kappa shape index (κ2) is 11.4. The zero-order chi connectivity index (χ0) is 23.8. The molecule has 1 amide bonds. The van der Waals surface area contributed by atoms with Gasteiger partial charge >= 0.3 is 6.18 Å². The van der Waals surface area contributed by atoms with Gasteiger partial charge in [0.25, 0.3) is 0 Å². The molecule has 0 aliphatic carbocycles. The third kappa shape index (κ3) is 7.55. The van der Waals surface area contributed by atoms with Gasteiger partial charge in [0.15, 0.2) is 0 Å². The minimum Gasteiger partial charge on any atom is -0.344 e. The van der Waals surface area contributed by atoms with Gasteiger partial charge in [0.2, 0.25) is 15.9 Å². The lowest BCUT2D eigenvalue weighted by molar-refractivity contribution is -0.137. The highest BCUT2D eigenvalue weighted by molar-refractivity contribution is 7.98. The first-order valence-corrected chi connectivity index (χ1v) is 12.1. The first-order valence-electron chi connectivity index (χ1n) is 9.24. The zero-order valence-electron chi connectivity index (χ0n) is 16.9. The zero-order valence-corrected chi connectivity index (χ0v) is 18.5. The lowest BCUT2D eigenvalue weighted by atomic mass is 10.1. The van der Waals surface area contributed by atoms with Crippen LogP contribution >= 0.6 is 11.8 Å². The monoisotopic (exact) mass is 488 g/mol. The summed E-state index contributed by atoms with van der Waals surface area (Å²) in [4.78, 5) is 11.9. The summed E-state index contributed by atoms with van der Waals surface area (Å²) in [5.41, 5.74) is -0.721. The van der Waals surface area contributed by atoms with Crippen LogP contribution in [0.25, 0.3) is 0 Å². The lowest BCUT2D eigenvalue weighted by Gasteiger charge is -2.17. The van der Waals surface area contributed by atoms with Crippen molar-refractivity contribution in [2.75, 3.05) is 18.6 Å². The van der Waals surface area contributed by atoms with E-state index in [0.29, 0.717) is 5.75 Å². The average Bonchev–Trinajstić information content (AvgIpc) is 2.73. The van der Waals surface area contributed by atoms with Crippen molar-refractivity contribution in [1.29, 1.82) is 0 Å². The van der Waals surface area contributed by atoms with Crippen LogP contribution in [0.5, 0.6) is 0 Å². The van der Waals surface area contributed by atoms with E-state index in [1.165, 1.54) is 36.0 Å². The van der Waals surface area contributed by atoms with E-state index in [-0.39, 0.29) is 18.5 Å². The number of carbonyl (C=O) groups excluding carboxylic acids is 1. The quantitative estimate of drug-likeness (QED) is 0.441. The van der Waals surface area contributed by atoms with Crippen molar-refractivity contribution in [3.05, 3.63) is 65.5 Å². The van der Waals surface area contributed by atoms with Crippen LogP contribution < -0.4 is 10.0 Å². The Balaban J connectivity index is 2.07. The molecule has 1 atom stereocenters. The normalized spacial score (nSPS) is 12.5. The summed E-state index contributed by atoms with van der Waals surface area (Å²) in [6, 6.07) is 8.03. The van der Waals surface area contributed by atoms with E-state index in [4.69, 9.17) is 0 Å². The molecule has 0 heterocycles. The Morgan fingerprint density at radius 2 is 1.88 bits per heavy atom. The second-order valence-corrected chi connectivity index (χ2v) is 9.15. The highest BCUT2D eigenvalue weighted by Crippen LogP contribution is 2.29. The maximum atomic E-state index is 13.9.